The lowest BCUT2D eigenvalue weighted by atomic mass is 9.25. The van der Waals surface area contributed by atoms with Crippen LogP contribution in [0.3, 0.4) is 0 Å². The lowest BCUT2D eigenvalue weighted by Crippen LogP contribution is -2.24. The molecular formula is C22H42B2. The molecule has 0 heterocycles. The van der Waals surface area contributed by atoms with Crippen LogP contribution < -0.4 is 0 Å². The van der Waals surface area contributed by atoms with E-state index < -0.39 is 0 Å². The van der Waals surface area contributed by atoms with Crippen LogP contribution in [0.2, 0.25) is 11.1 Å². The Kier molecular flexibility index (Phi) is 8.13. The fraction of sp³-hybridized carbons (Fsp3) is 1.00. The smallest absolute Gasteiger partial charge is 0.0733 e. The molecule has 3 saturated carbocycles. The zero-order chi connectivity index (χ0) is 16.5. The molecule has 0 radical (unpaired) electrons. The largest absolute Gasteiger partial charge is 0.0952 e. The van der Waals surface area contributed by atoms with E-state index >= 15 is 0 Å². The van der Waals surface area contributed by atoms with Crippen LogP contribution in [0.4, 0.5) is 0 Å². The number of hydrogen-bond donors (Lipinski definition) is 0. The number of rotatable bonds is 4. The van der Waals surface area contributed by atoms with Crippen LogP contribution in [0.5, 0.6) is 0 Å². The van der Waals surface area contributed by atoms with Crippen molar-refractivity contribution in [1.82, 2.24) is 0 Å². The van der Waals surface area contributed by atoms with E-state index in [9.17, 15) is 0 Å². The first-order chi connectivity index (χ1) is 11.9. The number of hydrogen-bond acceptors (Lipinski definition) is 0. The zero-order valence-corrected chi connectivity index (χ0v) is 16.5. The van der Waals surface area contributed by atoms with Crippen molar-refractivity contribution < 1.29 is 0 Å². The summed E-state index contributed by atoms with van der Waals surface area (Å²) in [7, 11) is 3.18. The van der Waals surface area contributed by atoms with Gasteiger partial charge in [0, 0.05) is 0 Å². The minimum absolute atomic E-state index is 0.833. The maximum atomic E-state index is 1.60. The second-order valence-corrected chi connectivity index (χ2v) is 9.71. The van der Waals surface area contributed by atoms with Gasteiger partial charge in [-0.2, -0.15) is 0 Å². The third-order valence-corrected chi connectivity index (χ3v) is 7.89. The molecule has 0 amide bonds. The molecule has 0 spiro atoms. The fourth-order valence-corrected chi connectivity index (χ4v) is 5.94. The van der Waals surface area contributed by atoms with E-state index in [-0.39, 0.29) is 0 Å². The molecule has 3 aliphatic rings. The van der Waals surface area contributed by atoms with Crippen LogP contribution in [0, 0.1) is 5.92 Å². The molecule has 0 saturated heterocycles. The second-order valence-electron chi connectivity index (χ2n) is 9.71. The molecule has 0 bridgehead atoms. The molecule has 0 aromatic rings. The third kappa shape index (κ3) is 6.14. The van der Waals surface area contributed by atoms with E-state index in [0.29, 0.717) is 0 Å². The summed E-state index contributed by atoms with van der Waals surface area (Å²) >= 11 is 0. The minimum atomic E-state index is 0.833. The van der Waals surface area contributed by atoms with Gasteiger partial charge < -0.3 is 0 Å². The Hall–Kier alpha value is 0.130. The van der Waals surface area contributed by atoms with Crippen molar-refractivity contribution in [3.05, 3.63) is 0 Å². The fourth-order valence-electron chi connectivity index (χ4n) is 5.94. The topological polar surface area (TPSA) is 0 Å². The molecule has 0 nitrogen and oxygen atoms in total. The van der Waals surface area contributed by atoms with Crippen molar-refractivity contribution in [3.8, 4) is 0 Å². The van der Waals surface area contributed by atoms with E-state index in [4.69, 9.17) is 0 Å². The van der Waals surface area contributed by atoms with Crippen LogP contribution in [-0.2, 0) is 0 Å². The molecule has 0 atom stereocenters. The minimum Gasteiger partial charge on any atom is -0.0733 e. The highest BCUT2D eigenvalue weighted by atomic mass is 14.4. The van der Waals surface area contributed by atoms with Gasteiger partial charge in [0.2, 0.25) is 0 Å². The summed E-state index contributed by atoms with van der Waals surface area (Å²) in [6, 6.07) is 0. The summed E-state index contributed by atoms with van der Waals surface area (Å²) in [6.07, 6.45) is 29.2. The SMILES string of the molecule is B(BC1(C2CCCCCCCC2)CC1)C1CCCCCCCCC1. The first-order valence-corrected chi connectivity index (χ1v) is 11.9. The van der Waals surface area contributed by atoms with Gasteiger partial charge in [0.25, 0.3) is 0 Å². The second kappa shape index (κ2) is 10.3. The molecule has 136 valence electrons. The lowest BCUT2D eigenvalue weighted by Gasteiger charge is -2.28. The summed E-state index contributed by atoms with van der Waals surface area (Å²) in [5.41, 5.74) is 0. The van der Waals surface area contributed by atoms with Crippen LogP contribution in [-0.4, -0.2) is 14.3 Å². The summed E-state index contributed by atoms with van der Waals surface area (Å²) in [4.78, 5) is 0. The van der Waals surface area contributed by atoms with E-state index in [2.05, 4.69) is 0 Å². The molecule has 2 heteroatoms. The standard InChI is InChI=1S/C22H42B2/c1-2-8-12-16-21(17-13-9-3-1)23-24-22(18-19-22)20-14-10-6-4-5-7-11-15-20/h20-21,23-24H,1-19H2. The van der Waals surface area contributed by atoms with Gasteiger partial charge in [-0.1, -0.05) is 133 Å². The monoisotopic (exact) mass is 328 g/mol. The molecule has 0 aromatic carbocycles. The van der Waals surface area contributed by atoms with E-state index in [1.54, 1.807) is 52.9 Å². The Morgan fingerprint density at radius 1 is 0.500 bits per heavy atom. The Morgan fingerprint density at radius 2 is 0.917 bits per heavy atom. The van der Waals surface area contributed by atoms with Crippen molar-refractivity contribution >= 4 is 14.3 Å². The van der Waals surface area contributed by atoms with Crippen LogP contribution in [0.15, 0.2) is 0 Å². The molecule has 24 heavy (non-hydrogen) atoms. The third-order valence-electron chi connectivity index (χ3n) is 7.89. The van der Waals surface area contributed by atoms with Gasteiger partial charge in [-0.3, -0.25) is 0 Å². The highest BCUT2D eigenvalue weighted by Gasteiger charge is 2.48. The molecule has 0 aromatic heterocycles. The molecular weight excluding hydrogens is 286 g/mol. The Balaban J connectivity index is 1.46. The maximum absolute atomic E-state index is 1.60. The van der Waals surface area contributed by atoms with Crippen molar-refractivity contribution in [2.45, 2.75) is 133 Å². The molecule has 3 rings (SSSR count). The molecule has 0 N–H and O–H groups in total. The van der Waals surface area contributed by atoms with Crippen LogP contribution >= 0.6 is 0 Å². The predicted molar refractivity (Wildman–Crippen MR) is 112 cm³/mol. The van der Waals surface area contributed by atoms with Crippen molar-refractivity contribution in [2.24, 2.45) is 5.92 Å². The normalized spacial score (nSPS) is 28.2. The zero-order valence-electron chi connectivity index (χ0n) is 16.5. The van der Waals surface area contributed by atoms with Gasteiger partial charge in [-0.15, -0.1) is 0 Å². The van der Waals surface area contributed by atoms with Gasteiger partial charge >= 0.3 is 0 Å². The Morgan fingerprint density at radius 3 is 1.38 bits per heavy atom. The average Bonchev–Trinajstić information content (AvgIpc) is 3.37. The summed E-state index contributed by atoms with van der Waals surface area (Å²) < 4.78 is 0. The predicted octanol–water partition coefficient (Wildman–Crippen LogP) is 6.79. The van der Waals surface area contributed by atoms with E-state index in [1.807, 2.05) is 0 Å². The lowest BCUT2D eigenvalue weighted by molar-refractivity contribution is 0.391. The van der Waals surface area contributed by atoms with Gasteiger partial charge in [-0.25, -0.2) is 0 Å². The van der Waals surface area contributed by atoms with Crippen molar-refractivity contribution in [1.29, 1.82) is 0 Å². The van der Waals surface area contributed by atoms with Crippen LogP contribution in [0.25, 0.3) is 0 Å². The van der Waals surface area contributed by atoms with Crippen molar-refractivity contribution in [2.75, 3.05) is 0 Å². The Bertz CT molecular complexity index is 317. The van der Waals surface area contributed by atoms with E-state index in [1.165, 1.54) is 83.5 Å². The van der Waals surface area contributed by atoms with E-state index in [0.717, 1.165) is 17.0 Å². The summed E-state index contributed by atoms with van der Waals surface area (Å²) in [5.74, 6) is 2.19. The Labute approximate surface area is 153 Å². The molecule has 0 unspecified atom stereocenters. The maximum Gasteiger partial charge on any atom is 0.0952 e. The summed E-state index contributed by atoms with van der Waals surface area (Å²) in [6.45, 7) is 0. The van der Waals surface area contributed by atoms with Gasteiger partial charge in [0.1, 0.15) is 0 Å². The molecule has 3 fully saturated rings. The van der Waals surface area contributed by atoms with Gasteiger partial charge in [0.15, 0.2) is 0 Å². The molecule has 0 aliphatic heterocycles. The highest BCUT2D eigenvalue weighted by molar-refractivity contribution is 7.03. The van der Waals surface area contributed by atoms with Gasteiger partial charge in [0.05, 0.1) is 14.3 Å². The van der Waals surface area contributed by atoms with Crippen LogP contribution in [0.1, 0.15) is 122 Å². The highest BCUT2D eigenvalue weighted by Crippen LogP contribution is 2.61. The summed E-state index contributed by atoms with van der Waals surface area (Å²) in [5, 5.41) is 0.833. The first-order valence-electron chi connectivity index (χ1n) is 11.9. The average molecular weight is 328 g/mol. The van der Waals surface area contributed by atoms with Gasteiger partial charge in [-0.05, 0) is 5.92 Å². The first kappa shape index (κ1) is 18.9. The quantitative estimate of drug-likeness (QED) is 0.498. The van der Waals surface area contributed by atoms with Crippen molar-refractivity contribution in [3.63, 3.8) is 0 Å². The molecule has 3 aliphatic carbocycles.